The molecule has 0 radical (unpaired) electrons. The molecule has 4 rings (SSSR count). The first-order valence-corrected chi connectivity index (χ1v) is 10.7. The largest absolute Gasteiger partial charge is 0.488 e. The lowest BCUT2D eigenvalue weighted by Crippen LogP contribution is -2.16. The number of nitrogens with one attached hydrogen (secondary N) is 1. The van der Waals surface area contributed by atoms with E-state index in [2.05, 4.69) is 26.5 Å². The summed E-state index contributed by atoms with van der Waals surface area (Å²) in [5.41, 5.74) is 4.67. The molecular weight excluding hydrogens is 503 g/mol. The van der Waals surface area contributed by atoms with E-state index < -0.39 is 5.91 Å². The Kier molecular flexibility index (Phi) is 6.61. The van der Waals surface area contributed by atoms with Crippen molar-refractivity contribution >= 4 is 62.2 Å². The van der Waals surface area contributed by atoms with Crippen molar-refractivity contribution in [2.45, 2.75) is 6.61 Å². The fourth-order valence-electron chi connectivity index (χ4n) is 2.85. The van der Waals surface area contributed by atoms with Gasteiger partial charge in [-0.25, -0.2) is 5.43 Å². The van der Waals surface area contributed by atoms with E-state index in [0.29, 0.717) is 33.5 Å². The lowest BCUT2D eigenvalue weighted by molar-refractivity contribution is 0.0929. The number of hydrogen-bond acceptors (Lipinski definition) is 4. The molecule has 1 aromatic heterocycles. The number of carbonyl (C=O) groups excluding carboxylic acids is 1. The molecule has 1 amide bonds. The lowest BCUT2D eigenvalue weighted by Gasteiger charge is -2.10. The average molecular weight is 518 g/mol. The third-order valence-electron chi connectivity index (χ3n) is 4.37. The number of halogens is 3. The molecule has 3 aromatic carbocycles. The van der Waals surface area contributed by atoms with Crippen LogP contribution in [-0.4, -0.2) is 12.1 Å². The van der Waals surface area contributed by atoms with E-state index in [1.54, 1.807) is 24.3 Å². The molecule has 0 aliphatic rings. The summed E-state index contributed by atoms with van der Waals surface area (Å²) in [5, 5.41) is 5.85. The van der Waals surface area contributed by atoms with E-state index in [1.165, 1.54) is 6.21 Å². The maximum Gasteiger partial charge on any atom is 0.307 e. The van der Waals surface area contributed by atoms with E-state index in [4.69, 9.17) is 32.4 Å². The van der Waals surface area contributed by atoms with Gasteiger partial charge in [0.15, 0.2) is 5.76 Å². The van der Waals surface area contributed by atoms with Crippen molar-refractivity contribution in [2.24, 2.45) is 5.10 Å². The number of nitrogens with zero attached hydrogens (tertiary/aromatic N) is 1. The normalized spacial score (nSPS) is 11.2. The zero-order valence-electron chi connectivity index (χ0n) is 15.9. The molecule has 0 fully saturated rings. The van der Waals surface area contributed by atoms with Crippen molar-refractivity contribution in [3.05, 3.63) is 98.1 Å². The summed E-state index contributed by atoms with van der Waals surface area (Å²) in [6, 6.07) is 19.9. The summed E-state index contributed by atoms with van der Waals surface area (Å²) in [4.78, 5) is 12.3. The number of hydrogen-bond donors (Lipinski definition) is 1. The Morgan fingerprint density at radius 2 is 1.90 bits per heavy atom. The van der Waals surface area contributed by atoms with Crippen LogP contribution in [0.1, 0.15) is 21.7 Å². The second-order valence-electron chi connectivity index (χ2n) is 6.57. The third kappa shape index (κ3) is 5.28. The molecule has 4 aromatic rings. The van der Waals surface area contributed by atoms with E-state index in [0.717, 1.165) is 15.4 Å². The molecular formula is C23H15BrCl2N2O3. The van der Waals surface area contributed by atoms with E-state index >= 15 is 0 Å². The first-order chi connectivity index (χ1) is 15.0. The van der Waals surface area contributed by atoms with Crippen LogP contribution in [0.4, 0.5) is 0 Å². The summed E-state index contributed by atoms with van der Waals surface area (Å²) in [6.45, 7) is 0.296. The van der Waals surface area contributed by atoms with Gasteiger partial charge in [-0.2, -0.15) is 5.10 Å². The summed E-state index contributed by atoms with van der Waals surface area (Å²) in [6.07, 6.45) is 1.51. The van der Waals surface area contributed by atoms with E-state index in [-0.39, 0.29) is 5.76 Å². The number of ether oxygens (including phenoxy) is 1. The molecule has 8 heteroatoms. The number of hydrazone groups is 1. The fraction of sp³-hybridized carbons (Fsp3) is 0.0435. The zero-order valence-corrected chi connectivity index (χ0v) is 19.0. The minimum atomic E-state index is -0.444. The Balaban J connectivity index is 1.45. The Hall–Kier alpha value is -2.80. The highest BCUT2D eigenvalue weighted by atomic mass is 79.9. The highest BCUT2D eigenvalue weighted by Crippen LogP contribution is 2.26. The molecule has 1 N–H and O–H groups in total. The maximum absolute atomic E-state index is 12.3. The summed E-state index contributed by atoms with van der Waals surface area (Å²) in [7, 11) is 0. The van der Waals surface area contributed by atoms with Gasteiger partial charge in [0.05, 0.1) is 16.3 Å². The lowest BCUT2D eigenvalue weighted by atomic mass is 10.2. The highest BCUT2D eigenvalue weighted by molar-refractivity contribution is 9.10. The quantitative estimate of drug-likeness (QED) is 0.225. The first kappa shape index (κ1) is 21.4. The highest BCUT2D eigenvalue weighted by Gasteiger charge is 2.11. The summed E-state index contributed by atoms with van der Waals surface area (Å²) < 4.78 is 12.3. The van der Waals surface area contributed by atoms with Gasteiger partial charge in [-0.05, 0) is 48.0 Å². The van der Waals surface area contributed by atoms with Gasteiger partial charge in [0.25, 0.3) is 0 Å². The third-order valence-corrected chi connectivity index (χ3v) is 5.60. The van der Waals surface area contributed by atoms with Crippen molar-refractivity contribution in [3.8, 4) is 5.75 Å². The zero-order chi connectivity index (χ0) is 21.8. The molecule has 0 unspecified atom stereocenters. The van der Waals surface area contributed by atoms with Crippen LogP contribution in [0.3, 0.4) is 0 Å². The van der Waals surface area contributed by atoms with Crippen LogP contribution < -0.4 is 10.2 Å². The SMILES string of the molecule is O=C(N/N=C/c1cc(Br)ccc1OCc1ccc(Cl)c(Cl)c1)c1cc2ccccc2o1. The molecule has 0 atom stereocenters. The number of rotatable bonds is 6. The second kappa shape index (κ2) is 9.56. The number of fused-ring (bicyclic) bond motifs is 1. The maximum atomic E-state index is 12.3. The second-order valence-corrected chi connectivity index (χ2v) is 8.30. The Morgan fingerprint density at radius 1 is 1.06 bits per heavy atom. The van der Waals surface area contributed by atoms with Gasteiger partial charge < -0.3 is 9.15 Å². The smallest absolute Gasteiger partial charge is 0.307 e. The van der Waals surface area contributed by atoms with Crippen LogP contribution in [0.25, 0.3) is 11.0 Å². The van der Waals surface area contributed by atoms with Gasteiger partial charge in [0.1, 0.15) is 17.9 Å². The Bertz CT molecular complexity index is 1250. The fourth-order valence-corrected chi connectivity index (χ4v) is 3.55. The van der Waals surface area contributed by atoms with Crippen LogP contribution in [0, 0.1) is 0 Å². The van der Waals surface area contributed by atoms with E-state index in [1.807, 2.05) is 42.5 Å². The molecule has 0 spiro atoms. The van der Waals surface area contributed by atoms with Crippen LogP contribution in [0.15, 0.2) is 80.7 Å². The number of benzene rings is 3. The van der Waals surface area contributed by atoms with Crippen molar-refractivity contribution in [1.29, 1.82) is 0 Å². The molecule has 0 saturated carbocycles. The number of amides is 1. The van der Waals surface area contributed by atoms with Gasteiger partial charge in [0.2, 0.25) is 0 Å². The molecule has 0 aliphatic heterocycles. The van der Waals surface area contributed by atoms with Crippen LogP contribution in [0.5, 0.6) is 5.75 Å². The molecule has 156 valence electrons. The minimum Gasteiger partial charge on any atom is -0.488 e. The number of furan rings is 1. The van der Waals surface area contributed by atoms with Crippen LogP contribution in [-0.2, 0) is 6.61 Å². The van der Waals surface area contributed by atoms with Crippen molar-refractivity contribution in [3.63, 3.8) is 0 Å². The summed E-state index contributed by atoms with van der Waals surface area (Å²) in [5.74, 6) is 0.334. The number of carbonyl (C=O) groups is 1. The Morgan fingerprint density at radius 3 is 2.71 bits per heavy atom. The standard InChI is InChI=1S/C23H15BrCl2N2O3/c24-17-6-8-20(30-13-14-5-7-18(25)19(26)9-14)16(10-17)12-27-28-23(29)22-11-15-3-1-2-4-21(15)31-22/h1-12H,13H2,(H,28,29)/b27-12+. The van der Waals surface area contributed by atoms with Crippen LogP contribution in [0.2, 0.25) is 10.0 Å². The monoisotopic (exact) mass is 516 g/mol. The van der Waals surface area contributed by atoms with Crippen molar-refractivity contribution in [2.75, 3.05) is 0 Å². The van der Waals surface area contributed by atoms with Gasteiger partial charge >= 0.3 is 5.91 Å². The molecule has 0 aliphatic carbocycles. The first-order valence-electron chi connectivity index (χ1n) is 9.18. The van der Waals surface area contributed by atoms with Gasteiger partial charge in [0, 0.05) is 15.4 Å². The Labute approximate surface area is 196 Å². The topological polar surface area (TPSA) is 63.8 Å². The molecule has 0 saturated heterocycles. The van der Waals surface area contributed by atoms with Gasteiger partial charge in [-0.15, -0.1) is 0 Å². The molecule has 1 heterocycles. The van der Waals surface area contributed by atoms with Gasteiger partial charge in [-0.3, -0.25) is 4.79 Å². The average Bonchev–Trinajstić information content (AvgIpc) is 3.20. The predicted molar refractivity (Wildman–Crippen MR) is 126 cm³/mol. The van der Waals surface area contributed by atoms with Crippen LogP contribution >= 0.6 is 39.1 Å². The van der Waals surface area contributed by atoms with Crippen molar-refractivity contribution < 1.29 is 13.9 Å². The molecule has 5 nitrogen and oxygen atoms in total. The number of para-hydroxylation sites is 1. The molecule has 31 heavy (non-hydrogen) atoms. The molecule has 0 bridgehead atoms. The summed E-state index contributed by atoms with van der Waals surface area (Å²) >= 11 is 15.4. The van der Waals surface area contributed by atoms with Crippen molar-refractivity contribution in [1.82, 2.24) is 5.43 Å². The predicted octanol–water partition coefficient (Wildman–Crippen LogP) is 6.85. The van der Waals surface area contributed by atoms with Gasteiger partial charge in [-0.1, -0.05) is 63.4 Å². The minimum absolute atomic E-state index is 0.184. The van der Waals surface area contributed by atoms with E-state index in [9.17, 15) is 4.79 Å².